The van der Waals surface area contributed by atoms with Gasteiger partial charge in [-0.25, -0.2) is 9.97 Å². The number of rotatable bonds is 4. The first-order chi connectivity index (χ1) is 11.5. The third-order valence-electron chi connectivity index (χ3n) is 4.19. The van der Waals surface area contributed by atoms with Gasteiger partial charge in [0.15, 0.2) is 0 Å². The number of likely N-dealkylation sites (N-methyl/N-ethyl adjacent to an activating group) is 1. The van der Waals surface area contributed by atoms with E-state index in [1.54, 1.807) is 6.33 Å². The Kier molecular flexibility index (Phi) is 6.31. The van der Waals surface area contributed by atoms with E-state index in [9.17, 15) is 4.79 Å². The van der Waals surface area contributed by atoms with E-state index in [0.717, 1.165) is 17.8 Å². The van der Waals surface area contributed by atoms with E-state index in [4.69, 9.17) is 0 Å². The molecule has 1 aliphatic rings. The number of likely N-dealkylation sites (tertiary alicyclic amines) is 1. The summed E-state index contributed by atoms with van der Waals surface area (Å²) in [5.41, 5.74) is 0.998. The Labute approximate surface area is 143 Å². The Morgan fingerprint density at radius 2 is 2.29 bits per heavy atom. The lowest BCUT2D eigenvalue weighted by Crippen LogP contribution is -2.54. The quantitative estimate of drug-likeness (QED) is 0.815. The fraction of sp³-hybridized carbons (Fsp3) is 0.471. The molecule has 1 aliphatic heterocycles. The lowest BCUT2D eigenvalue weighted by Gasteiger charge is -2.40. The summed E-state index contributed by atoms with van der Waals surface area (Å²) in [7, 11) is 4.07. The van der Waals surface area contributed by atoms with Crippen LogP contribution in [0.5, 0.6) is 0 Å². The minimum absolute atomic E-state index is 0.0364. The lowest BCUT2D eigenvalue weighted by atomic mass is 9.99. The van der Waals surface area contributed by atoms with Gasteiger partial charge in [-0.1, -0.05) is 6.58 Å². The van der Waals surface area contributed by atoms with Crippen molar-refractivity contribution in [1.82, 2.24) is 24.8 Å². The van der Waals surface area contributed by atoms with Crippen LogP contribution in [-0.4, -0.2) is 69.9 Å². The summed E-state index contributed by atoms with van der Waals surface area (Å²) in [6.45, 7) is 6.94. The summed E-state index contributed by atoms with van der Waals surface area (Å²) in [5.74, 6) is 0.730. The van der Waals surface area contributed by atoms with Gasteiger partial charge in [-0.2, -0.15) is 0 Å². The Morgan fingerprint density at radius 1 is 1.50 bits per heavy atom. The van der Waals surface area contributed by atoms with Gasteiger partial charge in [0, 0.05) is 31.4 Å². The minimum atomic E-state index is -0.0364. The van der Waals surface area contributed by atoms with Crippen LogP contribution in [-0.2, 0) is 4.79 Å². The number of hydrogen-bond donors (Lipinski definition) is 2. The highest BCUT2D eigenvalue weighted by atomic mass is 16.2. The zero-order valence-corrected chi connectivity index (χ0v) is 14.6. The van der Waals surface area contributed by atoms with E-state index in [-0.39, 0.29) is 18.0 Å². The molecule has 2 N–H and O–H groups in total. The first-order valence-corrected chi connectivity index (χ1v) is 8.03. The number of carbonyl (C=O) groups is 1. The highest BCUT2D eigenvalue weighted by Gasteiger charge is 2.30. The monoisotopic (exact) mass is 330 g/mol. The Hall–Kier alpha value is -2.41. The third kappa shape index (κ3) is 4.79. The topological polar surface area (TPSA) is 77.1 Å². The van der Waals surface area contributed by atoms with Crippen molar-refractivity contribution in [3.8, 4) is 0 Å². The van der Waals surface area contributed by atoms with Gasteiger partial charge < -0.3 is 20.1 Å². The molecule has 2 atom stereocenters. The molecule has 7 heteroatoms. The maximum Gasteiger partial charge on any atom is 0.246 e. The number of anilines is 1. The van der Waals surface area contributed by atoms with Gasteiger partial charge in [0.1, 0.15) is 12.1 Å². The molecule has 1 fully saturated rings. The molecule has 1 amide bonds. The molecule has 0 aromatic carbocycles. The molecule has 1 saturated heterocycles. The SMILES string of the molecule is C=CC(=O)N1C[C@H](Nc2ncnc[nH]ccc2C)C[C@@H](N(C)C)C1. The number of nitrogens with zero attached hydrogens (tertiary/aromatic N) is 4. The number of nitrogens with one attached hydrogen (secondary N) is 2. The molecule has 2 heterocycles. The Morgan fingerprint density at radius 3 is 3.00 bits per heavy atom. The fourth-order valence-corrected chi connectivity index (χ4v) is 2.77. The van der Waals surface area contributed by atoms with Crippen molar-refractivity contribution in [1.29, 1.82) is 0 Å². The number of hydrogen-bond acceptors (Lipinski definition) is 5. The van der Waals surface area contributed by atoms with Crippen LogP contribution in [0.4, 0.5) is 5.82 Å². The van der Waals surface area contributed by atoms with Crippen LogP contribution in [0.15, 0.2) is 37.6 Å². The van der Waals surface area contributed by atoms with E-state index < -0.39 is 0 Å². The van der Waals surface area contributed by atoms with Gasteiger partial charge >= 0.3 is 0 Å². The van der Waals surface area contributed by atoms with Gasteiger partial charge in [-0.3, -0.25) is 4.79 Å². The molecular formula is C17H26N6O. The van der Waals surface area contributed by atoms with Crippen molar-refractivity contribution in [3.63, 3.8) is 0 Å². The normalized spacial score (nSPS) is 20.4. The van der Waals surface area contributed by atoms with Gasteiger partial charge in [-0.15, -0.1) is 0 Å². The maximum absolute atomic E-state index is 12.1. The summed E-state index contributed by atoms with van der Waals surface area (Å²) in [6, 6.07) is 2.34. The fourth-order valence-electron chi connectivity index (χ4n) is 2.77. The smallest absolute Gasteiger partial charge is 0.246 e. The molecule has 1 aromatic heterocycles. The lowest BCUT2D eigenvalue weighted by molar-refractivity contribution is -0.128. The second-order valence-electron chi connectivity index (χ2n) is 6.20. The van der Waals surface area contributed by atoms with Crippen LogP contribution in [0.3, 0.4) is 0 Å². The average molecular weight is 330 g/mol. The summed E-state index contributed by atoms with van der Waals surface area (Å²) >= 11 is 0. The molecule has 0 saturated carbocycles. The van der Waals surface area contributed by atoms with Crippen LogP contribution in [0.25, 0.3) is 0 Å². The number of carbonyl (C=O) groups excluding carboxylic acids is 1. The predicted octanol–water partition coefficient (Wildman–Crippen LogP) is 1.37. The van der Waals surface area contributed by atoms with E-state index in [2.05, 4.69) is 31.7 Å². The average Bonchev–Trinajstić information content (AvgIpc) is 2.67. The van der Waals surface area contributed by atoms with Crippen LogP contribution >= 0.6 is 0 Å². The maximum atomic E-state index is 12.1. The molecule has 0 aliphatic carbocycles. The van der Waals surface area contributed by atoms with E-state index in [1.165, 1.54) is 12.4 Å². The molecular weight excluding hydrogens is 304 g/mol. The number of H-pyrrole nitrogens is 1. The minimum Gasteiger partial charge on any atom is -0.365 e. The number of aromatic nitrogens is 3. The molecule has 0 unspecified atom stereocenters. The van der Waals surface area contributed by atoms with E-state index in [0.29, 0.717) is 13.1 Å². The van der Waals surface area contributed by atoms with Crippen molar-refractivity contribution >= 4 is 11.7 Å². The molecule has 0 radical (unpaired) electrons. The summed E-state index contributed by atoms with van der Waals surface area (Å²) < 4.78 is 0. The highest BCUT2D eigenvalue weighted by molar-refractivity contribution is 5.87. The summed E-state index contributed by atoms with van der Waals surface area (Å²) in [6.07, 6.45) is 7.20. The van der Waals surface area contributed by atoms with Crippen molar-refractivity contribution in [2.75, 3.05) is 32.5 Å². The Bertz CT molecular complexity index is 625. The molecule has 7 nitrogen and oxygen atoms in total. The van der Waals surface area contributed by atoms with Crippen LogP contribution in [0, 0.1) is 6.92 Å². The van der Waals surface area contributed by atoms with Crippen molar-refractivity contribution in [2.24, 2.45) is 0 Å². The molecule has 0 spiro atoms. The number of aromatic amines is 1. The summed E-state index contributed by atoms with van der Waals surface area (Å²) in [4.78, 5) is 27.4. The molecule has 1 aromatic rings. The van der Waals surface area contributed by atoms with Crippen molar-refractivity contribution in [2.45, 2.75) is 25.4 Å². The first kappa shape index (κ1) is 17.9. The largest absolute Gasteiger partial charge is 0.365 e. The number of aryl methyl sites for hydroxylation is 1. The third-order valence-corrected chi connectivity index (χ3v) is 4.19. The van der Waals surface area contributed by atoms with Gasteiger partial charge in [0.25, 0.3) is 0 Å². The van der Waals surface area contributed by atoms with Crippen molar-refractivity contribution < 1.29 is 4.79 Å². The molecule has 2 rings (SSSR count). The summed E-state index contributed by atoms with van der Waals surface area (Å²) in [5, 5.41) is 3.47. The molecule has 24 heavy (non-hydrogen) atoms. The molecule has 130 valence electrons. The second kappa shape index (κ2) is 8.44. The predicted molar refractivity (Wildman–Crippen MR) is 95.0 cm³/mol. The van der Waals surface area contributed by atoms with Gasteiger partial charge in [0.2, 0.25) is 5.91 Å². The zero-order valence-electron chi connectivity index (χ0n) is 14.6. The Balaban J connectivity index is 2.23. The zero-order chi connectivity index (χ0) is 17.5. The molecule has 0 bridgehead atoms. The van der Waals surface area contributed by atoms with E-state index in [1.807, 2.05) is 38.2 Å². The standard InChI is InChI=1S/C17H26N6O/c1-5-16(24)23-9-14(8-15(10-23)22(3)4)21-17-13(2)6-7-18-11-19-12-20-17/h5-7,11-12,14-15,21H,1,8-10H2,2-4H3,(H,18,19,20)/t14-,15-/m1/s1. The van der Waals surface area contributed by atoms with Crippen LogP contribution < -0.4 is 5.32 Å². The van der Waals surface area contributed by atoms with E-state index >= 15 is 0 Å². The first-order valence-electron chi connectivity index (χ1n) is 8.03. The van der Waals surface area contributed by atoms with Crippen LogP contribution in [0.1, 0.15) is 12.0 Å². The van der Waals surface area contributed by atoms with Crippen LogP contribution in [0.2, 0.25) is 0 Å². The number of piperidine rings is 1. The number of amides is 1. The van der Waals surface area contributed by atoms with Crippen molar-refractivity contribution in [3.05, 3.63) is 43.1 Å². The second-order valence-corrected chi connectivity index (χ2v) is 6.20. The highest BCUT2D eigenvalue weighted by Crippen LogP contribution is 2.19. The van der Waals surface area contributed by atoms with Gasteiger partial charge in [0.05, 0.1) is 6.33 Å². The van der Waals surface area contributed by atoms with Gasteiger partial charge in [-0.05, 0) is 45.1 Å².